The van der Waals surface area contributed by atoms with Crippen molar-refractivity contribution in [3.05, 3.63) is 76.4 Å². The van der Waals surface area contributed by atoms with Gasteiger partial charge in [0, 0.05) is 5.69 Å². The van der Waals surface area contributed by atoms with Crippen LogP contribution in [0, 0.1) is 0 Å². The van der Waals surface area contributed by atoms with Gasteiger partial charge in [0.2, 0.25) is 0 Å². The van der Waals surface area contributed by atoms with Crippen molar-refractivity contribution in [2.45, 2.75) is 73.1 Å². The second kappa shape index (κ2) is 14.4. The Hall–Kier alpha value is -2.55. The molecule has 0 unspecified atom stereocenters. The predicted octanol–water partition coefficient (Wildman–Crippen LogP) is 7.57. The van der Waals surface area contributed by atoms with Crippen molar-refractivity contribution in [2.75, 3.05) is 12.3 Å². The standard InChI is InChI=1S/C27H39NO2/c1-21(2)9-6-10-22(3)11-7-12-23(4)13-8-14-24(5)19-20-30-27(29)25-15-17-26(28)18-16-25/h9,11,13,15-19H,6-8,10,12,14,20,28H2,1-5H3. The van der Waals surface area contributed by atoms with E-state index in [1.54, 1.807) is 24.3 Å². The molecule has 0 spiro atoms. The normalized spacial score (nSPS) is 12.6. The van der Waals surface area contributed by atoms with E-state index in [-0.39, 0.29) is 5.97 Å². The molecule has 0 fully saturated rings. The summed E-state index contributed by atoms with van der Waals surface area (Å²) in [5.41, 5.74) is 12.3. The van der Waals surface area contributed by atoms with Crippen molar-refractivity contribution in [1.29, 1.82) is 0 Å². The number of nitrogen functional groups attached to an aromatic ring is 1. The molecular weight excluding hydrogens is 370 g/mol. The zero-order valence-electron chi connectivity index (χ0n) is 19.5. The minimum absolute atomic E-state index is 0.300. The largest absolute Gasteiger partial charge is 0.458 e. The van der Waals surface area contributed by atoms with Gasteiger partial charge in [0.1, 0.15) is 6.61 Å². The smallest absolute Gasteiger partial charge is 0.338 e. The Labute approximate surface area is 183 Å². The highest BCUT2D eigenvalue weighted by atomic mass is 16.5. The van der Waals surface area contributed by atoms with E-state index in [1.807, 2.05) is 6.08 Å². The number of benzene rings is 1. The van der Waals surface area contributed by atoms with Crippen molar-refractivity contribution in [3.8, 4) is 0 Å². The number of esters is 1. The quantitative estimate of drug-likeness (QED) is 0.220. The third-order valence-corrected chi connectivity index (χ3v) is 4.95. The van der Waals surface area contributed by atoms with Crippen molar-refractivity contribution in [1.82, 2.24) is 0 Å². The van der Waals surface area contributed by atoms with Gasteiger partial charge in [-0.05, 0) is 103 Å². The number of rotatable bonds is 12. The first-order valence-corrected chi connectivity index (χ1v) is 10.9. The van der Waals surface area contributed by atoms with Gasteiger partial charge in [-0.2, -0.15) is 0 Å². The fraction of sp³-hybridized carbons (Fsp3) is 0.444. The maximum Gasteiger partial charge on any atom is 0.338 e. The second-order valence-electron chi connectivity index (χ2n) is 8.27. The highest BCUT2D eigenvalue weighted by Crippen LogP contribution is 2.14. The van der Waals surface area contributed by atoms with Crippen LogP contribution in [0.3, 0.4) is 0 Å². The second-order valence-corrected chi connectivity index (χ2v) is 8.27. The molecule has 0 aliphatic heterocycles. The summed E-state index contributed by atoms with van der Waals surface area (Å²) >= 11 is 0. The molecule has 2 N–H and O–H groups in total. The maximum atomic E-state index is 12.0. The molecule has 0 heterocycles. The Morgan fingerprint density at radius 2 is 1.23 bits per heavy atom. The SMILES string of the molecule is CC(C)=CCCC(C)=CCCC(C)=CCCC(C)=CCOC(=O)c1ccc(N)cc1. The number of carbonyl (C=O) groups is 1. The number of ether oxygens (including phenoxy) is 1. The van der Waals surface area contributed by atoms with Crippen LogP contribution in [0.4, 0.5) is 5.69 Å². The van der Waals surface area contributed by atoms with E-state index in [0.717, 1.165) is 38.5 Å². The Morgan fingerprint density at radius 3 is 1.73 bits per heavy atom. The van der Waals surface area contributed by atoms with Crippen molar-refractivity contribution in [2.24, 2.45) is 0 Å². The first-order chi connectivity index (χ1) is 14.3. The average molecular weight is 410 g/mol. The topological polar surface area (TPSA) is 52.3 Å². The van der Waals surface area contributed by atoms with Crippen LogP contribution in [-0.4, -0.2) is 12.6 Å². The highest BCUT2D eigenvalue weighted by Gasteiger charge is 2.05. The monoisotopic (exact) mass is 409 g/mol. The van der Waals surface area contributed by atoms with Gasteiger partial charge >= 0.3 is 5.97 Å². The molecule has 0 atom stereocenters. The van der Waals surface area contributed by atoms with E-state index in [0.29, 0.717) is 17.9 Å². The zero-order valence-corrected chi connectivity index (χ0v) is 19.5. The van der Waals surface area contributed by atoms with Crippen LogP contribution >= 0.6 is 0 Å². The lowest BCUT2D eigenvalue weighted by atomic mass is 10.0. The lowest BCUT2D eigenvalue weighted by molar-refractivity contribution is 0.0549. The van der Waals surface area contributed by atoms with Crippen LogP contribution in [0.15, 0.2) is 70.9 Å². The molecule has 0 radical (unpaired) electrons. The molecule has 0 saturated heterocycles. The Bertz CT molecular complexity index is 776. The van der Waals surface area contributed by atoms with Crippen LogP contribution in [0.2, 0.25) is 0 Å². The lowest BCUT2D eigenvalue weighted by Gasteiger charge is -2.04. The molecular formula is C27H39NO2. The minimum atomic E-state index is -0.320. The molecule has 1 aromatic rings. The van der Waals surface area contributed by atoms with Crippen molar-refractivity contribution < 1.29 is 9.53 Å². The Kier molecular flexibility index (Phi) is 12.3. The summed E-state index contributed by atoms with van der Waals surface area (Å²) in [6.07, 6.45) is 15.5. The molecule has 0 aliphatic carbocycles. The van der Waals surface area contributed by atoms with E-state index < -0.39 is 0 Å². The van der Waals surface area contributed by atoms with Gasteiger partial charge in [0.15, 0.2) is 0 Å². The van der Waals surface area contributed by atoms with Crippen LogP contribution in [0.5, 0.6) is 0 Å². The first kappa shape index (κ1) is 25.5. The molecule has 0 amide bonds. The minimum Gasteiger partial charge on any atom is -0.458 e. The maximum absolute atomic E-state index is 12.0. The fourth-order valence-electron chi connectivity index (χ4n) is 2.95. The van der Waals surface area contributed by atoms with Crippen LogP contribution < -0.4 is 5.73 Å². The highest BCUT2D eigenvalue weighted by molar-refractivity contribution is 5.89. The lowest BCUT2D eigenvalue weighted by Crippen LogP contribution is -2.05. The number of allylic oxidation sites excluding steroid dienone is 7. The number of anilines is 1. The van der Waals surface area contributed by atoms with E-state index in [4.69, 9.17) is 10.5 Å². The van der Waals surface area contributed by atoms with E-state index in [9.17, 15) is 4.79 Å². The summed E-state index contributed by atoms with van der Waals surface area (Å²) in [6, 6.07) is 6.77. The van der Waals surface area contributed by atoms with Crippen molar-refractivity contribution >= 4 is 11.7 Å². The van der Waals surface area contributed by atoms with Crippen LogP contribution in [-0.2, 0) is 4.74 Å². The van der Waals surface area contributed by atoms with Gasteiger partial charge in [-0.15, -0.1) is 0 Å². The number of carbonyl (C=O) groups excluding carboxylic acids is 1. The fourth-order valence-corrected chi connectivity index (χ4v) is 2.95. The van der Waals surface area contributed by atoms with Crippen molar-refractivity contribution in [3.63, 3.8) is 0 Å². The molecule has 30 heavy (non-hydrogen) atoms. The molecule has 0 saturated carbocycles. The predicted molar refractivity (Wildman–Crippen MR) is 130 cm³/mol. The molecule has 0 aromatic heterocycles. The summed E-state index contributed by atoms with van der Waals surface area (Å²) in [6.45, 7) is 11.1. The van der Waals surface area contributed by atoms with Gasteiger partial charge in [0.25, 0.3) is 0 Å². The first-order valence-electron chi connectivity index (χ1n) is 10.9. The van der Waals surface area contributed by atoms with Gasteiger partial charge in [-0.25, -0.2) is 4.79 Å². The molecule has 0 aliphatic rings. The molecule has 3 nitrogen and oxygen atoms in total. The average Bonchev–Trinajstić information content (AvgIpc) is 2.68. The third-order valence-electron chi connectivity index (χ3n) is 4.95. The van der Waals surface area contributed by atoms with E-state index in [1.165, 1.54) is 22.3 Å². The van der Waals surface area contributed by atoms with Gasteiger partial charge in [-0.1, -0.05) is 40.5 Å². The zero-order chi connectivity index (χ0) is 22.4. The van der Waals surface area contributed by atoms with E-state index >= 15 is 0 Å². The summed E-state index contributed by atoms with van der Waals surface area (Å²) in [7, 11) is 0. The molecule has 0 bridgehead atoms. The van der Waals surface area contributed by atoms with Gasteiger partial charge in [0.05, 0.1) is 5.56 Å². The summed E-state index contributed by atoms with van der Waals surface area (Å²) < 4.78 is 5.30. The van der Waals surface area contributed by atoms with Crippen LogP contribution in [0.1, 0.15) is 83.5 Å². The Morgan fingerprint density at radius 1 is 0.767 bits per heavy atom. The summed E-state index contributed by atoms with van der Waals surface area (Å²) in [4.78, 5) is 12.0. The number of nitrogens with two attached hydrogens (primary N) is 1. The van der Waals surface area contributed by atoms with Gasteiger partial charge in [-0.3, -0.25) is 0 Å². The summed E-state index contributed by atoms with van der Waals surface area (Å²) in [5, 5.41) is 0. The van der Waals surface area contributed by atoms with Gasteiger partial charge < -0.3 is 10.5 Å². The number of hydrogen-bond acceptors (Lipinski definition) is 3. The van der Waals surface area contributed by atoms with E-state index in [2.05, 4.69) is 52.8 Å². The molecule has 1 aromatic carbocycles. The third kappa shape index (κ3) is 12.1. The molecule has 1 rings (SSSR count). The van der Waals surface area contributed by atoms with Crippen LogP contribution in [0.25, 0.3) is 0 Å². The number of hydrogen-bond donors (Lipinski definition) is 1. The molecule has 3 heteroatoms. The Balaban J connectivity index is 2.26. The summed E-state index contributed by atoms with van der Waals surface area (Å²) in [5.74, 6) is -0.320. The molecule has 164 valence electrons.